The number of methoxy groups -OCH3 is 1. The SMILES string of the molecule is C#CCOc1cc(OC)ccc1/C=C(\C#N)C(=O)Nc1ccc(F)cc1. The summed E-state index contributed by atoms with van der Waals surface area (Å²) in [6.45, 7) is 0.0255. The van der Waals surface area contributed by atoms with Crippen molar-refractivity contribution in [2.75, 3.05) is 19.0 Å². The van der Waals surface area contributed by atoms with Crippen LogP contribution in [0.2, 0.25) is 0 Å². The van der Waals surface area contributed by atoms with Crippen molar-refractivity contribution in [2.45, 2.75) is 0 Å². The van der Waals surface area contributed by atoms with Crippen molar-refractivity contribution in [3.63, 3.8) is 0 Å². The fraction of sp³-hybridized carbons (Fsp3) is 0.100. The van der Waals surface area contributed by atoms with Crippen LogP contribution in [0.4, 0.5) is 10.1 Å². The number of nitrogens with one attached hydrogen (secondary N) is 1. The number of carbonyl (C=O) groups is 1. The third-order valence-corrected chi connectivity index (χ3v) is 3.30. The molecule has 130 valence electrons. The van der Waals surface area contributed by atoms with Gasteiger partial charge in [0.05, 0.1) is 7.11 Å². The minimum absolute atomic E-state index is 0.0255. The van der Waals surface area contributed by atoms with E-state index in [1.807, 2.05) is 6.07 Å². The molecule has 1 amide bonds. The number of hydrogen-bond donors (Lipinski definition) is 1. The Labute approximate surface area is 150 Å². The zero-order valence-corrected chi connectivity index (χ0v) is 14.0. The lowest BCUT2D eigenvalue weighted by Crippen LogP contribution is -2.13. The van der Waals surface area contributed by atoms with Gasteiger partial charge in [-0.05, 0) is 42.5 Å². The van der Waals surface area contributed by atoms with Crippen molar-refractivity contribution in [3.05, 3.63) is 59.4 Å². The van der Waals surface area contributed by atoms with E-state index in [0.29, 0.717) is 22.7 Å². The predicted molar refractivity (Wildman–Crippen MR) is 95.9 cm³/mol. The minimum Gasteiger partial charge on any atom is -0.497 e. The lowest BCUT2D eigenvalue weighted by atomic mass is 10.1. The smallest absolute Gasteiger partial charge is 0.266 e. The van der Waals surface area contributed by atoms with E-state index < -0.39 is 11.7 Å². The molecule has 2 aromatic rings. The summed E-state index contributed by atoms with van der Waals surface area (Å²) in [6.07, 6.45) is 6.58. The largest absolute Gasteiger partial charge is 0.497 e. The molecule has 0 aliphatic heterocycles. The molecule has 5 nitrogen and oxygen atoms in total. The maximum absolute atomic E-state index is 12.9. The van der Waals surface area contributed by atoms with E-state index in [2.05, 4.69) is 11.2 Å². The number of benzene rings is 2. The predicted octanol–water partition coefficient (Wildman–Crippen LogP) is 3.39. The van der Waals surface area contributed by atoms with Gasteiger partial charge in [0.15, 0.2) is 0 Å². The second kappa shape index (κ2) is 8.91. The second-order valence-corrected chi connectivity index (χ2v) is 5.03. The first kappa shape index (κ1) is 18.6. The molecule has 2 aromatic carbocycles. The highest BCUT2D eigenvalue weighted by Gasteiger charge is 2.12. The van der Waals surface area contributed by atoms with Crippen LogP contribution in [0.1, 0.15) is 5.56 Å². The maximum Gasteiger partial charge on any atom is 0.266 e. The highest BCUT2D eigenvalue weighted by molar-refractivity contribution is 6.09. The van der Waals surface area contributed by atoms with Crippen molar-refractivity contribution in [1.29, 1.82) is 5.26 Å². The molecule has 6 heteroatoms. The quantitative estimate of drug-likeness (QED) is 0.492. The van der Waals surface area contributed by atoms with Crippen LogP contribution in [0.3, 0.4) is 0 Å². The van der Waals surface area contributed by atoms with Crippen LogP contribution < -0.4 is 14.8 Å². The van der Waals surface area contributed by atoms with Crippen LogP contribution in [0.15, 0.2) is 48.0 Å². The van der Waals surface area contributed by atoms with Gasteiger partial charge in [0.25, 0.3) is 5.91 Å². The lowest BCUT2D eigenvalue weighted by Gasteiger charge is -2.10. The molecule has 0 atom stereocenters. The van der Waals surface area contributed by atoms with E-state index in [9.17, 15) is 14.4 Å². The summed E-state index contributed by atoms with van der Waals surface area (Å²) in [5.41, 5.74) is 0.716. The Morgan fingerprint density at radius 2 is 2.04 bits per heavy atom. The Balaban J connectivity index is 2.29. The van der Waals surface area contributed by atoms with Crippen molar-refractivity contribution >= 4 is 17.7 Å². The zero-order chi connectivity index (χ0) is 18.9. The standard InChI is InChI=1S/C20H15FN2O3/c1-3-10-26-19-12-18(25-2)9-4-14(19)11-15(13-22)20(24)23-17-7-5-16(21)6-8-17/h1,4-9,11-12H,10H2,2H3,(H,23,24)/b15-11+. The number of amides is 1. The summed E-state index contributed by atoms with van der Waals surface area (Å²) < 4.78 is 23.5. The van der Waals surface area contributed by atoms with Gasteiger partial charge >= 0.3 is 0 Å². The normalized spacial score (nSPS) is 10.4. The second-order valence-electron chi connectivity index (χ2n) is 5.03. The Morgan fingerprint density at radius 3 is 2.65 bits per heavy atom. The lowest BCUT2D eigenvalue weighted by molar-refractivity contribution is -0.112. The summed E-state index contributed by atoms with van der Waals surface area (Å²) in [5, 5.41) is 11.8. The van der Waals surface area contributed by atoms with Gasteiger partial charge < -0.3 is 14.8 Å². The van der Waals surface area contributed by atoms with Crippen LogP contribution in [0, 0.1) is 29.5 Å². The van der Waals surface area contributed by atoms with Crippen LogP contribution in [-0.4, -0.2) is 19.6 Å². The number of ether oxygens (including phenoxy) is 2. The molecular weight excluding hydrogens is 335 g/mol. The molecule has 1 N–H and O–H groups in total. The van der Waals surface area contributed by atoms with Crippen molar-refractivity contribution in [3.8, 4) is 29.9 Å². The number of nitriles is 1. The highest BCUT2D eigenvalue weighted by atomic mass is 19.1. The van der Waals surface area contributed by atoms with E-state index in [1.54, 1.807) is 18.2 Å². The van der Waals surface area contributed by atoms with Crippen LogP contribution in [-0.2, 0) is 4.79 Å². The topological polar surface area (TPSA) is 71.3 Å². The Morgan fingerprint density at radius 1 is 1.31 bits per heavy atom. The highest BCUT2D eigenvalue weighted by Crippen LogP contribution is 2.27. The van der Waals surface area contributed by atoms with Crippen LogP contribution >= 0.6 is 0 Å². The zero-order valence-electron chi connectivity index (χ0n) is 14.0. The molecule has 0 fully saturated rings. The monoisotopic (exact) mass is 350 g/mol. The fourth-order valence-corrected chi connectivity index (χ4v) is 2.04. The van der Waals surface area contributed by atoms with Crippen LogP contribution in [0.25, 0.3) is 6.08 Å². The number of halogens is 1. The van der Waals surface area contributed by atoms with Crippen molar-refractivity contribution in [1.82, 2.24) is 0 Å². The Kier molecular flexibility index (Phi) is 6.36. The molecule has 0 radical (unpaired) electrons. The van der Waals surface area contributed by atoms with Gasteiger partial charge in [0.2, 0.25) is 0 Å². The van der Waals surface area contributed by atoms with E-state index in [1.165, 1.54) is 37.5 Å². The number of anilines is 1. The molecular formula is C20H15FN2O3. The van der Waals surface area contributed by atoms with Crippen LogP contribution in [0.5, 0.6) is 11.5 Å². The molecule has 26 heavy (non-hydrogen) atoms. The van der Waals surface area contributed by atoms with Gasteiger partial charge in [0, 0.05) is 17.3 Å². The number of rotatable bonds is 6. The first-order valence-electron chi connectivity index (χ1n) is 7.50. The first-order valence-corrected chi connectivity index (χ1v) is 7.50. The third kappa shape index (κ3) is 4.86. The summed E-state index contributed by atoms with van der Waals surface area (Å²) in [7, 11) is 1.51. The average Bonchev–Trinajstić information content (AvgIpc) is 2.66. The number of hydrogen-bond acceptors (Lipinski definition) is 4. The van der Waals surface area contributed by atoms with Crippen molar-refractivity contribution in [2.24, 2.45) is 0 Å². The summed E-state index contributed by atoms with van der Waals surface area (Å²) >= 11 is 0. The van der Waals surface area contributed by atoms with Gasteiger partial charge in [0.1, 0.15) is 35.6 Å². The van der Waals surface area contributed by atoms with Gasteiger partial charge in [-0.1, -0.05) is 5.92 Å². The minimum atomic E-state index is -0.627. The van der Waals surface area contributed by atoms with Gasteiger partial charge in [-0.3, -0.25) is 4.79 Å². The molecule has 0 heterocycles. The number of terminal acetylenes is 1. The molecule has 0 bridgehead atoms. The molecule has 0 spiro atoms. The van der Waals surface area contributed by atoms with E-state index in [0.717, 1.165) is 0 Å². The van der Waals surface area contributed by atoms with Gasteiger partial charge in [-0.15, -0.1) is 6.42 Å². The number of nitrogens with zero attached hydrogens (tertiary/aromatic N) is 1. The van der Waals surface area contributed by atoms with Gasteiger partial charge in [-0.2, -0.15) is 5.26 Å². The summed E-state index contributed by atoms with van der Waals surface area (Å²) in [4.78, 5) is 12.3. The molecule has 0 saturated heterocycles. The maximum atomic E-state index is 12.9. The van der Waals surface area contributed by atoms with Gasteiger partial charge in [-0.25, -0.2) is 4.39 Å². The molecule has 0 aromatic heterocycles. The molecule has 0 saturated carbocycles. The summed E-state index contributed by atoms with van der Waals surface area (Å²) in [5.74, 6) is 2.22. The average molecular weight is 350 g/mol. The van der Waals surface area contributed by atoms with Crippen molar-refractivity contribution < 1.29 is 18.7 Å². The fourth-order valence-electron chi connectivity index (χ4n) is 2.04. The Bertz CT molecular complexity index is 906. The van der Waals surface area contributed by atoms with E-state index in [-0.39, 0.29) is 12.2 Å². The molecule has 0 aliphatic carbocycles. The third-order valence-electron chi connectivity index (χ3n) is 3.30. The molecule has 2 rings (SSSR count). The molecule has 0 unspecified atom stereocenters. The number of carbonyl (C=O) groups excluding carboxylic acids is 1. The van der Waals surface area contributed by atoms with E-state index >= 15 is 0 Å². The summed E-state index contributed by atoms with van der Waals surface area (Å²) in [6, 6.07) is 12.0. The first-order chi connectivity index (χ1) is 12.6. The molecule has 0 aliphatic rings. The Hall–Kier alpha value is -3.77. The van der Waals surface area contributed by atoms with E-state index in [4.69, 9.17) is 15.9 Å².